The Labute approximate surface area is 122 Å². The van der Waals surface area contributed by atoms with E-state index < -0.39 is 11.9 Å². The molecule has 5 nitrogen and oxygen atoms in total. The highest BCUT2D eigenvalue weighted by atomic mass is 16.4. The highest BCUT2D eigenvalue weighted by Gasteiger charge is 2.10. The van der Waals surface area contributed by atoms with Gasteiger partial charge < -0.3 is 24.4 Å². The van der Waals surface area contributed by atoms with E-state index >= 15 is 0 Å². The summed E-state index contributed by atoms with van der Waals surface area (Å²) in [4.78, 5) is 21.3. The van der Waals surface area contributed by atoms with Gasteiger partial charge in [0.05, 0.1) is 0 Å². The predicted octanol–water partition coefficient (Wildman–Crippen LogP) is -0.0224. The summed E-state index contributed by atoms with van der Waals surface area (Å²) in [5.41, 5.74) is 2.60. The monoisotopic (exact) mass is 285 g/mol. The molecule has 0 saturated carbocycles. The lowest BCUT2D eigenvalue weighted by atomic mass is 10.1. The van der Waals surface area contributed by atoms with E-state index in [2.05, 4.69) is 0 Å². The molecule has 2 aromatic rings. The molecule has 0 unspecified atom stereocenters. The lowest BCUT2D eigenvalue weighted by Crippen LogP contribution is -2.25. The van der Waals surface area contributed by atoms with Gasteiger partial charge in [0, 0.05) is 36.3 Å². The molecule has 0 aliphatic carbocycles. The summed E-state index contributed by atoms with van der Waals surface area (Å²) in [5.74, 6) is -2.25. The molecule has 0 saturated heterocycles. The van der Waals surface area contributed by atoms with Crippen LogP contribution in [0, 0.1) is 0 Å². The van der Waals surface area contributed by atoms with Gasteiger partial charge in [-0.3, -0.25) is 0 Å². The minimum Gasteiger partial charge on any atom is -0.550 e. The van der Waals surface area contributed by atoms with E-state index in [1.54, 1.807) is 0 Å². The van der Waals surface area contributed by atoms with Gasteiger partial charge in [-0.1, -0.05) is 30.3 Å². The Morgan fingerprint density at radius 3 is 2.19 bits per heavy atom. The molecule has 2 rings (SSSR count). The molecule has 0 atom stereocenters. The van der Waals surface area contributed by atoms with Crippen LogP contribution in [0.4, 0.5) is 0 Å². The van der Waals surface area contributed by atoms with Crippen LogP contribution in [0.2, 0.25) is 0 Å². The van der Waals surface area contributed by atoms with Crippen LogP contribution in [0.5, 0.6) is 0 Å². The van der Waals surface area contributed by atoms with E-state index in [9.17, 15) is 19.8 Å². The van der Waals surface area contributed by atoms with Gasteiger partial charge in [-0.15, -0.1) is 0 Å². The van der Waals surface area contributed by atoms with Crippen molar-refractivity contribution in [1.82, 2.24) is 4.57 Å². The van der Waals surface area contributed by atoms with Crippen molar-refractivity contribution >= 4 is 11.9 Å². The van der Waals surface area contributed by atoms with Crippen molar-refractivity contribution in [3.63, 3.8) is 0 Å². The largest absolute Gasteiger partial charge is 0.550 e. The molecule has 1 heterocycles. The Morgan fingerprint density at radius 2 is 1.57 bits per heavy atom. The second kappa shape index (κ2) is 6.74. The maximum absolute atomic E-state index is 10.7. The number of carbonyl (C=O) groups is 2. The molecule has 1 aromatic heterocycles. The zero-order valence-electron chi connectivity index (χ0n) is 11.5. The first-order valence-electron chi connectivity index (χ1n) is 6.71. The van der Waals surface area contributed by atoms with E-state index in [0.29, 0.717) is 6.42 Å². The second-order valence-electron chi connectivity index (χ2n) is 4.72. The number of aryl methyl sites for hydroxylation is 1. The Balaban J connectivity index is 2.31. The number of carboxylic acid groups (broad SMARTS) is 2. The number of carbonyl (C=O) groups excluding carboxylic acids is 2. The van der Waals surface area contributed by atoms with Crippen LogP contribution in [0.3, 0.4) is 0 Å². The Hall–Kier alpha value is -2.56. The summed E-state index contributed by atoms with van der Waals surface area (Å²) in [6.07, 6.45) is 0.0958. The number of hydrogen-bond acceptors (Lipinski definition) is 4. The summed E-state index contributed by atoms with van der Waals surface area (Å²) in [6.45, 7) is 0.252. The summed E-state index contributed by atoms with van der Waals surface area (Å²) < 4.78 is 1.83. The molecule has 21 heavy (non-hydrogen) atoms. The Morgan fingerprint density at radius 1 is 0.905 bits per heavy atom. The molecule has 0 amide bonds. The molecule has 5 heteroatoms. The van der Waals surface area contributed by atoms with Crippen LogP contribution in [0.15, 0.2) is 42.5 Å². The molecule has 0 aliphatic rings. The highest BCUT2D eigenvalue weighted by molar-refractivity contribution is 5.66. The topological polar surface area (TPSA) is 85.2 Å². The van der Waals surface area contributed by atoms with Crippen molar-refractivity contribution in [2.24, 2.45) is 0 Å². The highest BCUT2D eigenvalue weighted by Crippen LogP contribution is 2.23. The summed E-state index contributed by atoms with van der Waals surface area (Å²) in [6, 6.07) is 13.2. The molecule has 0 N–H and O–H groups in total. The van der Waals surface area contributed by atoms with Gasteiger partial charge in [-0.05, 0) is 30.5 Å². The predicted molar refractivity (Wildman–Crippen MR) is 72.8 cm³/mol. The van der Waals surface area contributed by atoms with Crippen LogP contribution in [-0.4, -0.2) is 16.5 Å². The first-order valence-corrected chi connectivity index (χ1v) is 6.71. The first kappa shape index (κ1) is 14.8. The lowest BCUT2D eigenvalue weighted by molar-refractivity contribution is -0.307. The van der Waals surface area contributed by atoms with Gasteiger partial charge in [0.25, 0.3) is 0 Å². The number of aromatic nitrogens is 1. The summed E-state index contributed by atoms with van der Waals surface area (Å²) >= 11 is 0. The SMILES string of the molecule is O=C([O-])CCc1ccc(-c2ccccc2)n1CCC(=O)[O-]. The third kappa shape index (κ3) is 3.95. The number of nitrogens with zero attached hydrogens (tertiary/aromatic N) is 1. The third-order valence-corrected chi connectivity index (χ3v) is 3.27. The van der Waals surface area contributed by atoms with Gasteiger partial charge in [0.15, 0.2) is 0 Å². The second-order valence-corrected chi connectivity index (χ2v) is 4.72. The fraction of sp³-hybridized carbons (Fsp3) is 0.250. The van der Waals surface area contributed by atoms with E-state index in [-0.39, 0.29) is 19.4 Å². The maximum Gasteiger partial charge on any atom is 0.0482 e. The van der Waals surface area contributed by atoms with Gasteiger partial charge in [0.1, 0.15) is 0 Å². The van der Waals surface area contributed by atoms with Crippen molar-refractivity contribution < 1.29 is 19.8 Å². The van der Waals surface area contributed by atoms with Crippen molar-refractivity contribution in [3.8, 4) is 11.3 Å². The number of rotatable bonds is 7. The minimum atomic E-state index is -1.13. The average molecular weight is 285 g/mol. The van der Waals surface area contributed by atoms with Gasteiger partial charge in [0.2, 0.25) is 0 Å². The van der Waals surface area contributed by atoms with Crippen LogP contribution >= 0.6 is 0 Å². The quantitative estimate of drug-likeness (QED) is 0.715. The zero-order chi connectivity index (χ0) is 15.2. The number of benzene rings is 1. The zero-order valence-corrected chi connectivity index (χ0v) is 11.5. The average Bonchev–Trinajstić information content (AvgIpc) is 2.86. The van der Waals surface area contributed by atoms with E-state index in [4.69, 9.17) is 0 Å². The maximum atomic E-state index is 10.7. The molecule has 1 aromatic carbocycles. The van der Waals surface area contributed by atoms with Gasteiger partial charge in [-0.25, -0.2) is 0 Å². The number of hydrogen-bond donors (Lipinski definition) is 0. The molecule has 0 bridgehead atoms. The van der Waals surface area contributed by atoms with Crippen molar-refractivity contribution in [1.29, 1.82) is 0 Å². The molecule has 0 radical (unpaired) electrons. The van der Waals surface area contributed by atoms with Crippen molar-refractivity contribution in [2.75, 3.05) is 0 Å². The Kier molecular flexibility index (Phi) is 4.77. The van der Waals surface area contributed by atoms with Crippen LogP contribution < -0.4 is 10.2 Å². The Bertz CT molecular complexity index is 631. The minimum absolute atomic E-state index is 0.0937. The van der Waals surface area contributed by atoms with Crippen LogP contribution in [0.1, 0.15) is 18.5 Å². The van der Waals surface area contributed by atoms with Gasteiger partial charge in [-0.2, -0.15) is 0 Å². The molecule has 0 fully saturated rings. The third-order valence-electron chi connectivity index (χ3n) is 3.27. The van der Waals surface area contributed by atoms with E-state index in [0.717, 1.165) is 17.0 Å². The normalized spacial score (nSPS) is 10.5. The van der Waals surface area contributed by atoms with Crippen LogP contribution in [-0.2, 0) is 22.6 Å². The van der Waals surface area contributed by atoms with E-state index in [1.165, 1.54) is 0 Å². The lowest BCUT2D eigenvalue weighted by Gasteiger charge is -2.14. The van der Waals surface area contributed by atoms with Crippen molar-refractivity contribution in [3.05, 3.63) is 48.2 Å². The standard InChI is InChI=1S/C16H17NO4/c18-15(19)9-7-13-6-8-14(12-4-2-1-3-5-12)17(13)11-10-16(20)21/h1-6,8H,7,9-11H2,(H,18,19)(H,20,21)/p-2. The fourth-order valence-corrected chi connectivity index (χ4v) is 2.29. The summed E-state index contributed by atoms with van der Waals surface area (Å²) in [5, 5.41) is 21.3. The summed E-state index contributed by atoms with van der Waals surface area (Å²) in [7, 11) is 0. The molecule has 0 spiro atoms. The van der Waals surface area contributed by atoms with Crippen LogP contribution in [0.25, 0.3) is 11.3 Å². The number of carboxylic acids is 2. The van der Waals surface area contributed by atoms with E-state index in [1.807, 2.05) is 47.0 Å². The molecule has 0 aliphatic heterocycles. The smallest absolute Gasteiger partial charge is 0.0482 e. The number of aliphatic carboxylic acids is 2. The fourth-order valence-electron chi connectivity index (χ4n) is 2.29. The molecule has 110 valence electrons. The first-order chi connectivity index (χ1) is 10.1. The van der Waals surface area contributed by atoms with Crippen molar-refractivity contribution in [2.45, 2.75) is 25.8 Å². The molecular weight excluding hydrogens is 270 g/mol. The molecular formula is C16H15NO4-2. The van der Waals surface area contributed by atoms with Gasteiger partial charge >= 0.3 is 0 Å².